The zero-order chi connectivity index (χ0) is 13.2. The van der Waals surface area contributed by atoms with Crippen molar-refractivity contribution in [1.82, 2.24) is 5.32 Å². The molecule has 0 bridgehead atoms. The molecule has 1 fully saturated rings. The van der Waals surface area contributed by atoms with Crippen LogP contribution in [0.1, 0.15) is 45.1 Å². The van der Waals surface area contributed by atoms with Crippen LogP contribution in [0.5, 0.6) is 0 Å². The standard InChI is InChI=1S/C14H22BrNOS/c1-13(2)3-5-14(17,6-4-13)10-16-8-11-7-12(15)18-9-11/h7,9,16-17H,3-6,8,10H2,1-2H3. The highest BCUT2D eigenvalue weighted by atomic mass is 79.9. The van der Waals surface area contributed by atoms with Crippen molar-refractivity contribution in [2.75, 3.05) is 6.54 Å². The fraction of sp³-hybridized carbons (Fsp3) is 0.714. The van der Waals surface area contributed by atoms with Gasteiger partial charge in [0, 0.05) is 13.1 Å². The summed E-state index contributed by atoms with van der Waals surface area (Å²) >= 11 is 5.17. The Balaban J connectivity index is 1.76. The molecule has 2 nitrogen and oxygen atoms in total. The Labute approximate surface area is 122 Å². The van der Waals surface area contributed by atoms with Crippen molar-refractivity contribution in [3.63, 3.8) is 0 Å². The second-order valence-electron chi connectivity index (χ2n) is 6.25. The summed E-state index contributed by atoms with van der Waals surface area (Å²) in [6, 6.07) is 2.13. The average molecular weight is 332 g/mol. The predicted octanol–water partition coefficient (Wildman–Crippen LogP) is 3.93. The molecule has 0 aliphatic heterocycles. The number of hydrogen-bond donors (Lipinski definition) is 2. The van der Waals surface area contributed by atoms with E-state index in [-0.39, 0.29) is 0 Å². The number of thiophene rings is 1. The molecule has 0 spiro atoms. The fourth-order valence-electron chi connectivity index (χ4n) is 2.45. The normalized spacial score (nSPS) is 22.0. The summed E-state index contributed by atoms with van der Waals surface area (Å²) in [6.07, 6.45) is 4.07. The summed E-state index contributed by atoms with van der Waals surface area (Å²) in [5.41, 5.74) is 1.19. The molecule has 0 atom stereocenters. The molecule has 1 aromatic rings. The van der Waals surface area contributed by atoms with Gasteiger partial charge in [0.2, 0.25) is 0 Å². The van der Waals surface area contributed by atoms with E-state index in [1.807, 2.05) is 0 Å². The molecular formula is C14H22BrNOS. The Morgan fingerprint density at radius 1 is 1.33 bits per heavy atom. The second-order valence-corrected chi connectivity index (χ2v) is 8.54. The van der Waals surface area contributed by atoms with E-state index in [1.54, 1.807) is 11.3 Å². The maximum Gasteiger partial charge on any atom is 0.0772 e. The topological polar surface area (TPSA) is 32.3 Å². The largest absolute Gasteiger partial charge is 0.389 e. The number of rotatable bonds is 4. The van der Waals surface area contributed by atoms with E-state index in [9.17, 15) is 5.11 Å². The molecule has 102 valence electrons. The van der Waals surface area contributed by atoms with E-state index in [0.717, 1.165) is 36.0 Å². The van der Waals surface area contributed by atoms with Gasteiger partial charge >= 0.3 is 0 Å². The molecule has 1 aliphatic rings. The maximum absolute atomic E-state index is 10.5. The van der Waals surface area contributed by atoms with Crippen molar-refractivity contribution in [3.05, 3.63) is 20.8 Å². The third-order valence-corrected chi connectivity index (χ3v) is 5.49. The molecule has 2 N–H and O–H groups in total. The van der Waals surface area contributed by atoms with Gasteiger partial charge in [-0.25, -0.2) is 0 Å². The third-order valence-electron chi connectivity index (χ3n) is 3.94. The quantitative estimate of drug-likeness (QED) is 0.876. The van der Waals surface area contributed by atoms with E-state index in [0.29, 0.717) is 12.0 Å². The Bertz CT molecular complexity index is 392. The van der Waals surface area contributed by atoms with Crippen LogP contribution in [0.4, 0.5) is 0 Å². The zero-order valence-corrected chi connectivity index (χ0v) is 13.5. The monoisotopic (exact) mass is 331 g/mol. The van der Waals surface area contributed by atoms with Crippen LogP contribution in [0.2, 0.25) is 0 Å². The molecule has 0 unspecified atom stereocenters. The van der Waals surface area contributed by atoms with E-state index in [1.165, 1.54) is 5.56 Å². The number of halogens is 1. The van der Waals surface area contributed by atoms with Gasteiger partial charge in [-0.15, -0.1) is 11.3 Å². The van der Waals surface area contributed by atoms with Gasteiger partial charge in [0.25, 0.3) is 0 Å². The van der Waals surface area contributed by atoms with Crippen LogP contribution in [0, 0.1) is 5.41 Å². The van der Waals surface area contributed by atoms with Gasteiger partial charge in [-0.1, -0.05) is 13.8 Å². The van der Waals surface area contributed by atoms with Crippen molar-refractivity contribution in [1.29, 1.82) is 0 Å². The summed E-state index contributed by atoms with van der Waals surface area (Å²) in [7, 11) is 0. The van der Waals surface area contributed by atoms with Crippen molar-refractivity contribution in [2.24, 2.45) is 5.41 Å². The van der Waals surface area contributed by atoms with Crippen molar-refractivity contribution < 1.29 is 5.11 Å². The molecule has 1 aliphatic carbocycles. The van der Waals surface area contributed by atoms with Crippen molar-refractivity contribution >= 4 is 27.3 Å². The van der Waals surface area contributed by atoms with Crippen LogP contribution in [0.25, 0.3) is 0 Å². The summed E-state index contributed by atoms with van der Waals surface area (Å²) in [4.78, 5) is 0. The van der Waals surface area contributed by atoms with Gasteiger partial charge in [-0.2, -0.15) is 0 Å². The van der Waals surface area contributed by atoms with Gasteiger partial charge in [0.1, 0.15) is 0 Å². The van der Waals surface area contributed by atoms with Crippen molar-refractivity contribution in [3.8, 4) is 0 Å². The SMILES string of the molecule is CC1(C)CCC(O)(CNCc2csc(Br)c2)CC1. The Morgan fingerprint density at radius 3 is 2.56 bits per heavy atom. The first-order valence-electron chi connectivity index (χ1n) is 6.55. The summed E-state index contributed by atoms with van der Waals surface area (Å²) in [5, 5.41) is 16.0. The molecule has 0 aromatic carbocycles. The number of hydrogen-bond acceptors (Lipinski definition) is 3. The fourth-order valence-corrected chi connectivity index (χ4v) is 3.66. The predicted molar refractivity (Wildman–Crippen MR) is 80.9 cm³/mol. The lowest BCUT2D eigenvalue weighted by Gasteiger charge is -2.40. The average Bonchev–Trinajstić information content (AvgIpc) is 2.70. The second kappa shape index (κ2) is 5.61. The molecule has 1 heterocycles. The van der Waals surface area contributed by atoms with Crippen LogP contribution in [0.15, 0.2) is 15.2 Å². The Hall–Kier alpha value is 0.100. The lowest BCUT2D eigenvalue weighted by Crippen LogP contribution is -2.44. The highest BCUT2D eigenvalue weighted by Crippen LogP contribution is 2.39. The van der Waals surface area contributed by atoms with E-state index >= 15 is 0 Å². The zero-order valence-electron chi connectivity index (χ0n) is 11.1. The summed E-state index contributed by atoms with van der Waals surface area (Å²) in [5.74, 6) is 0. The Kier molecular flexibility index (Phi) is 4.52. The van der Waals surface area contributed by atoms with E-state index < -0.39 is 5.60 Å². The summed E-state index contributed by atoms with van der Waals surface area (Å²) < 4.78 is 1.16. The lowest BCUT2D eigenvalue weighted by atomic mass is 9.71. The van der Waals surface area contributed by atoms with Gasteiger partial charge in [0.05, 0.1) is 9.39 Å². The minimum atomic E-state index is -0.497. The molecule has 0 saturated heterocycles. The van der Waals surface area contributed by atoms with E-state index in [4.69, 9.17) is 0 Å². The molecule has 0 radical (unpaired) electrons. The van der Waals surface area contributed by atoms with Gasteiger partial charge in [-0.05, 0) is 64.0 Å². The van der Waals surface area contributed by atoms with Crippen LogP contribution in [-0.4, -0.2) is 17.3 Å². The highest BCUT2D eigenvalue weighted by molar-refractivity contribution is 9.11. The molecule has 1 aromatic heterocycles. The van der Waals surface area contributed by atoms with Gasteiger partial charge < -0.3 is 10.4 Å². The van der Waals surface area contributed by atoms with Crippen LogP contribution in [-0.2, 0) is 6.54 Å². The molecule has 1 saturated carbocycles. The lowest BCUT2D eigenvalue weighted by molar-refractivity contribution is -0.0245. The third kappa shape index (κ3) is 4.05. The first kappa shape index (κ1) is 14.5. The molecular weight excluding hydrogens is 310 g/mol. The maximum atomic E-state index is 10.5. The van der Waals surface area contributed by atoms with Gasteiger partial charge in [-0.3, -0.25) is 0 Å². The summed E-state index contributed by atoms with van der Waals surface area (Å²) in [6.45, 7) is 6.14. The minimum Gasteiger partial charge on any atom is -0.389 e. The number of nitrogens with one attached hydrogen (secondary N) is 1. The minimum absolute atomic E-state index is 0.407. The van der Waals surface area contributed by atoms with Crippen LogP contribution in [0.3, 0.4) is 0 Å². The highest BCUT2D eigenvalue weighted by Gasteiger charge is 2.36. The molecule has 0 amide bonds. The molecule has 2 rings (SSSR count). The van der Waals surface area contributed by atoms with Crippen LogP contribution >= 0.6 is 27.3 Å². The van der Waals surface area contributed by atoms with E-state index in [2.05, 4.69) is 46.5 Å². The Morgan fingerprint density at radius 2 is 2.00 bits per heavy atom. The van der Waals surface area contributed by atoms with Crippen molar-refractivity contribution in [2.45, 2.75) is 51.7 Å². The van der Waals surface area contributed by atoms with Crippen LogP contribution < -0.4 is 5.32 Å². The molecule has 4 heteroatoms. The first-order valence-corrected chi connectivity index (χ1v) is 8.22. The smallest absolute Gasteiger partial charge is 0.0772 e. The van der Waals surface area contributed by atoms with Gasteiger partial charge in [0.15, 0.2) is 0 Å². The molecule has 18 heavy (non-hydrogen) atoms. The first-order chi connectivity index (χ1) is 8.39. The number of aliphatic hydroxyl groups is 1.